The molecule has 2 heterocycles. The van der Waals surface area contributed by atoms with Crippen molar-refractivity contribution in [1.29, 1.82) is 0 Å². The molecule has 0 saturated carbocycles. The minimum absolute atomic E-state index is 0.248. The maximum atomic E-state index is 11.3. The lowest BCUT2D eigenvalue weighted by Gasteiger charge is -2.23. The fourth-order valence-corrected chi connectivity index (χ4v) is 2.06. The van der Waals surface area contributed by atoms with Crippen molar-refractivity contribution < 1.29 is 4.79 Å². The zero-order valence-corrected chi connectivity index (χ0v) is 9.31. The molecule has 1 amide bonds. The van der Waals surface area contributed by atoms with Gasteiger partial charge >= 0.3 is 0 Å². The van der Waals surface area contributed by atoms with Crippen molar-refractivity contribution in [2.75, 3.05) is 23.7 Å². The fraction of sp³-hybridized carbons (Fsp3) is 0.455. The van der Waals surface area contributed by atoms with Gasteiger partial charge in [-0.05, 0) is 19.4 Å². The average molecular weight is 220 g/mol. The lowest BCUT2D eigenvalue weighted by atomic mass is 9.89. The van der Waals surface area contributed by atoms with Gasteiger partial charge in [-0.25, -0.2) is 0 Å². The second kappa shape index (κ2) is 3.66. The predicted octanol–water partition coefficient (Wildman–Crippen LogP) is 0.365. The summed E-state index contributed by atoms with van der Waals surface area (Å²) in [7, 11) is 0. The number of anilines is 2. The van der Waals surface area contributed by atoms with Crippen LogP contribution in [0.25, 0.3) is 0 Å². The zero-order valence-electron chi connectivity index (χ0n) is 9.31. The smallest absolute Gasteiger partial charge is 0.225 e. The summed E-state index contributed by atoms with van der Waals surface area (Å²) in [4.78, 5) is 17.4. The molecule has 0 spiro atoms. The molecule has 4 N–H and O–H groups in total. The first-order chi connectivity index (χ1) is 7.53. The van der Waals surface area contributed by atoms with Gasteiger partial charge < -0.3 is 16.4 Å². The van der Waals surface area contributed by atoms with Crippen LogP contribution in [0.2, 0.25) is 0 Å². The number of amides is 1. The van der Waals surface area contributed by atoms with E-state index in [0.717, 1.165) is 18.7 Å². The first-order valence-corrected chi connectivity index (χ1v) is 5.27. The lowest BCUT2D eigenvalue weighted by molar-refractivity contribution is -0.125. The summed E-state index contributed by atoms with van der Waals surface area (Å²) in [5.41, 5.74) is 12.4. The van der Waals surface area contributed by atoms with E-state index in [0.29, 0.717) is 12.2 Å². The van der Waals surface area contributed by atoms with Gasteiger partial charge in [0.15, 0.2) is 0 Å². The molecule has 1 aliphatic heterocycles. The third kappa shape index (κ3) is 1.68. The van der Waals surface area contributed by atoms with Crippen LogP contribution in [0, 0.1) is 5.41 Å². The van der Waals surface area contributed by atoms with E-state index in [2.05, 4.69) is 9.88 Å². The van der Waals surface area contributed by atoms with Crippen molar-refractivity contribution in [1.82, 2.24) is 4.98 Å². The number of hydrogen-bond acceptors (Lipinski definition) is 4. The van der Waals surface area contributed by atoms with Gasteiger partial charge in [-0.1, -0.05) is 0 Å². The van der Waals surface area contributed by atoms with Crippen LogP contribution in [0.5, 0.6) is 0 Å². The number of carbonyl (C=O) groups excluding carboxylic acids is 1. The minimum atomic E-state index is -0.449. The van der Waals surface area contributed by atoms with Gasteiger partial charge in [0.1, 0.15) is 0 Å². The number of pyridine rings is 1. The second-order valence-electron chi connectivity index (χ2n) is 4.53. The third-order valence-corrected chi connectivity index (χ3v) is 3.24. The predicted molar refractivity (Wildman–Crippen MR) is 62.8 cm³/mol. The van der Waals surface area contributed by atoms with Crippen molar-refractivity contribution in [2.24, 2.45) is 11.1 Å². The summed E-state index contributed by atoms with van der Waals surface area (Å²) < 4.78 is 0. The lowest BCUT2D eigenvalue weighted by Crippen LogP contribution is -2.37. The zero-order chi connectivity index (χ0) is 11.8. The molecule has 1 aliphatic rings. The highest BCUT2D eigenvalue weighted by Gasteiger charge is 2.39. The normalized spacial score (nSPS) is 24.7. The molecule has 86 valence electrons. The molecule has 1 aromatic heterocycles. The molecular weight excluding hydrogens is 204 g/mol. The number of rotatable bonds is 2. The van der Waals surface area contributed by atoms with E-state index in [9.17, 15) is 4.79 Å². The summed E-state index contributed by atoms with van der Waals surface area (Å²) in [6.45, 7) is 3.32. The minimum Gasteiger partial charge on any atom is -0.396 e. The summed E-state index contributed by atoms with van der Waals surface area (Å²) >= 11 is 0. The molecule has 2 rings (SSSR count). The molecule has 5 heteroatoms. The summed E-state index contributed by atoms with van der Waals surface area (Å²) in [6, 6.07) is 1.86. The molecule has 0 radical (unpaired) electrons. The molecule has 0 aromatic carbocycles. The molecule has 0 aliphatic carbocycles. The van der Waals surface area contributed by atoms with E-state index in [1.54, 1.807) is 12.4 Å². The Kier molecular flexibility index (Phi) is 2.46. The average Bonchev–Trinajstić information content (AvgIpc) is 2.63. The van der Waals surface area contributed by atoms with Crippen LogP contribution in [0.15, 0.2) is 18.5 Å². The maximum Gasteiger partial charge on any atom is 0.225 e. The van der Waals surface area contributed by atoms with Crippen molar-refractivity contribution >= 4 is 17.3 Å². The Bertz CT molecular complexity index is 420. The molecule has 1 saturated heterocycles. The SMILES string of the molecule is CC1(C(N)=O)CCN(c2ccncc2N)C1. The van der Waals surface area contributed by atoms with E-state index in [1.807, 2.05) is 13.0 Å². The van der Waals surface area contributed by atoms with Gasteiger partial charge in [-0.15, -0.1) is 0 Å². The Balaban J connectivity index is 2.22. The van der Waals surface area contributed by atoms with Crippen LogP contribution in [0.3, 0.4) is 0 Å². The molecule has 16 heavy (non-hydrogen) atoms. The Hall–Kier alpha value is -1.78. The highest BCUT2D eigenvalue weighted by molar-refractivity contribution is 5.82. The van der Waals surface area contributed by atoms with E-state index < -0.39 is 5.41 Å². The Labute approximate surface area is 94.4 Å². The Morgan fingerprint density at radius 1 is 1.62 bits per heavy atom. The number of carbonyl (C=O) groups is 1. The highest BCUT2D eigenvalue weighted by atomic mass is 16.1. The standard InChI is InChI=1S/C11H16N4O/c1-11(10(13)16)3-5-15(7-11)9-2-4-14-6-8(9)12/h2,4,6H,3,5,7,12H2,1H3,(H2,13,16). The van der Waals surface area contributed by atoms with Gasteiger partial charge in [-0.2, -0.15) is 0 Å². The first kappa shape index (κ1) is 10.7. The van der Waals surface area contributed by atoms with Crippen molar-refractivity contribution in [3.8, 4) is 0 Å². The van der Waals surface area contributed by atoms with E-state index >= 15 is 0 Å². The number of nitrogens with zero attached hydrogens (tertiary/aromatic N) is 2. The van der Waals surface area contributed by atoms with Crippen LogP contribution >= 0.6 is 0 Å². The van der Waals surface area contributed by atoms with Gasteiger partial charge in [0.2, 0.25) is 5.91 Å². The van der Waals surface area contributed by atoms with Crippen LogP contribution in [-0.4, -0.2) is 24.0 Å². The molecular formula is C11H16N4O. The monoisotopic (exact) mass is 220 g/mol. The van der Waals surface area contributed by atoms with Crippen LogP contribution in [0.1, 0.15) is 13.3 Å². The van der Waals surface area contributed by atoms with Crippen LogP contribution < -0.4 is 16.4 Å². The Morgan fingerprint density at radius 2 is 2.38 bits per heavy atom. The van der Waals surface area contributed by atoms with Gasteiger partial charge in [0.25, 0.3) is 0 Å². The fourth-order valence-electron chi connectivity index (χ4n) is 2.06. The number of primary amides is 1. The van der Waals surface area contributed by atoms with Gasteiger partial charge in [-0.3, -0.25) is 9.78 Å². The molecule has 5 nitrogen and oxygen atoms in total. The number of hydrogen-bond donors (Lipinski definition) is 2. The first-order valence-electron chi connectivity index (χ1n) is 5.27. The van der Waals surface area contributed by atoms with E-state index in [-0.39, 0.29) is 5.91 Å². The quantitative estimate of drug-likeness (QED) is 0.753. The molecule has 1 atom stereocenters. The number of aromatic nitrogens is 1. The highest BCUT2D eigenvalue weighted by Crippen LogP contribution is 2.34. The van der Waals surface area contributed by atoms with Crippen LogP contribution in [0.4, 0.5) is 11.4 Å². The van der Waals surface area contributed by atoms with Crippen LogP contribution in [-0.2, 0) is 4.79 Å². The van der Waals surface area contributed by atoms with Gasteiger partial charge in [0.05, 0.1) is 23.0 Å². The second-order valence-corrected chi connectivity index (χ2v) is 4.53. The van der Waals surface area contributed by atoms with Gasteiger partial charge in [0, 0.05) is 19.3 Å². The maximum absolute atomic E-state index is 11.3. The van der Waals surface area contributed by atoms with E-state index in [4.69, 9.17) is 11.5 Å². The Morgan fingerprint density at radius 3 is 2.94 bits per heavy atom. The van der Waals surface area contributed by atoms with E-state index in [1.165, 1.54) is 0 Å². The molecule has 0 bridgehead atoms. The van der Waals surface area contributed by atoms with Crippen molar-refractivity contribution in [3.63, 3.8) is 0 Å². The summed E-state index contributed by atoms with van der Waals surface area (Å²) in [6.07, 6.45) is 4.09. The summed E-state index contributed by atoms with van der Waals surface area (Å²) in [5.74, 6) is -0.248. The molecule has 1 unspecified atom stereocenters. The van der Waals surface area contributed by atoms with Crippen molar-refractivity contribution in [2.45, 2.75) is 13.3 Å². The van der Waals surface area contributed by atoms with Crippen molar-refractivity contribution in [3.05, 3.63) is 18.5 Å². The number of nitrogens with two attached hydrogens (primary N) is 2. The topological polar surface area (TPSA) is 85.2 Å². The number of nitrogen functional groups attached to an aromatic ring is 1. The summed E-state index contributed by atoms with van der Waals surface area (Å²) in [5, 5.41) is 0. The third-order valence-electron chi connectivity index (χ3n) is 3.24. The largest absolute Gasteiger partial charge is 0.396 e. The molecule has 1 fully saturated rings. The molecule has 1 aromatic rings.